The zero-order valence-electron chi connectivity index (χ0n) is 21.8. The summed E-state index contributed by atoms with van der Waals surface area (Å²) in [7, 11) is 1.54. The lowest BCUT2D eigenvalue weighted by Gasteiger charge is -2.29. The number of benzene rings is 2. The highest BCUT2D eigenvalue weighted by atomic mass is 16.5. The van der Waals surface area contributed by atoms with Crippen molar-refractivity contribution in [1.29, 1.82) is 0 Å². The molecule has 0 saturated carbocycles. The number of aromatic nitrogens is 2. The molecule has 1 aliphatic carbocycles. The first-order chi connectivity index (χ1) is 18.5. The topological polar surface area (TPSA) is 161 Å². The second kappa shape index (κ2) is 9.12. The summed E-state index contributed by atoms with van der Waals surface area (Å²) in [5.41, 5.74) is -0.993. The van der Waals surface area contributed by atoms with Gasteiger partial charge in [-0.15, -0.1) is 0 Å². The van der Waals surface area contributed by atoms with Gasteiger partial charge in [0.25, 0.3) is 0 Å². The van der Waals surface area contributed by atoms with Gasteiger partial charge in [0.2, 0.25) is 11.7 Å². The first-order valence-corrected chi connectivity index (χ1v) is 12.0. The Morgan fingerprint density at radius 2 is 1.87 bits per heavy atom. The summed E-state index contributed by atoms with van der Waals surface area (Å²) in [5.74, 6) is -1.68. The summed E-state index contributed by atoms with van der Waals surface area (Å²) < 4.78 is 16.4. The molecule has 0 amide bonds. The molecule has 0 fully saturated rings. The number of fused-ring (bicyclic) bond motifs is 3. The number of aromatic hydroxyl groups is 2. The highest BCUT2D eigenvalue weighted by Crippen LogP contribution is 2.57. The molecule has 1 aliphatic heterocycles. The van der Waals surface area contributed by atoms with Crippen LogP contribution in [0.3, 0.4) is 0 Å². The number of ketones is 3. The number of rotatable bonds is 6. The number of allylic oxidation sites excluding steroid dienone is 4. The summed E-state index contributed by atoms with van der Waals surface area (Å²) in [6.07, 6.45) is 1.16. The van der Waals surface area contributed by atoms with Crippen molar-refractivity contribution in [3.8, 4) is 34.4 Å². The summed E-state index contributed by atoms with van der Waals surface area (Å²) in [6, 6.07) is 7.19. The number of ether oxygens (including phenoxy) is 2. The van der Waals surface area contributed by atoms with E-state index in [-0.39, 0.29) is 57.7 Å². The number of phenols is 2. The average Bonchev–Trinajstić information content (AvgIpc) is 3.49. The van der Waals surface area contributed by atoms with Gasteiger partial charge in [-0.05, 0) is 39.8 Å². The summed E-state index contributed by atoms with van der Waals surface area (Å²) >= 11 is 0. The Morgan fingerprint density at radius 3 is 2.56 bits per heavy atom. The summed E-state index contributed by atoms with van der Waals surface area (Å²) in [4.78, 5) is 43.6. The molecule has 0 spiro atoms. The van der Waals surface area contributed by atoms with E-state index < -0.39 is 28.5 Å². The lowest BCUT2D eigenvalue weighted by molar-refractivity contribution is -0.123. The molecule has 39 heavy (non-hydrogen) atoms. The highest BCUT2D eigenvalue weighted by molar-refractivity contribution is 6.31. The van der Waals surface area contributed by atoms with Crippen LogP contribution < -0.4 is 14.8 Å². The lowest BCUT2D eigenvalue weighted by Crippen LogP contribution is -2.41. The predicted molar refractivity (Wildman–Crippen MR) is 136 cm³/mol. The fourth-order valence-electron chi connectivity index (χ4n) is 4.92. The van der Waals surface area contributed by atoms with Crippen LogP contribution in [0.15, 0.2) is 51.9 Å². The van der Waals surface area contributed by atoms with Crippen LogP contribution in [-0.4, -0.2) is 44.8 Å². The minimum absolute atomic E-state index is 0.0190. The predicted octanol–water partition coefficient (Wildman–Crippen LogP) is 3.42. The van der Waals surface area contributed by atoms with Gasteiger partial charge in [-0.25, -0.2) is 0 Å². The number of carbonyl (C=O) groups is 3. The second-order valence-corrected chi connectivity index (χ2v) is 9.45. The molecule has 2 aliphatic rings. The van der Waals surface area contributed by atoms with Gasteiger partial charge in [0, 0.05) is 17.3 Å². The first kappa shape index (κ1) is 25.7. The number of hydrogen-bond acceptors (Lipinski definition) is 11. The van der Waals surface area contributed by atoms with Gasteiger partial charge in [0.1, 0.15) is 39.7 Å². The number of nitrogens with zero attached hydrogens (tertiary/aromatic N) is 2. The number of nitrogens with one attached hydrogen (secondary N) is 1. The Kier molecular flexibility index (Phi) is 6.01. The normalized spacial score (nSPS) is 19.2. The minimum atomic E-state index is -1.60. The Balaban J connectivity index is 1.49. The van der Waals surface area contributed by atoms with E-state index in [0.29, 0.717) is 17.1 Å². The van der Waals surface area contributed by atoms with Gasteiger partial charge in [0.05, 0.1) is 30.4 Å². The molecule has 11 nitrogen and oxygen atoms in total. The van der Waals surface area contributed by atoms with Crippen LogP contribution in [0.4, 0.5) is 0 Å². The van der Waals surface area contributed by atoms with E-state index >= 15 is 0 Å². The minimum Gasteiger partial charge on any atom is -0.507 e. The SMILES string of the molecule is COc1ccccc1-c1noc(CNC(C)=C2C(=O)C=C3Oc4c(C(C)=O)c(O)c(C)c(O)c4[C@@]3(C)C2=O)n1. The van der Waals surface area contributed by atoms with E-state index in [1.807, 2.05) is 12.1 Å². The van der Waals surface area contributed by atoms with Crippen molar-refractivity contribution in [1.82, 2.24) is 15.5 Å². The van der Waals surface area contributed by atoms with Crippen LogP contribution in [-0.2, 0) is 21.5 Å². The third-order valence-corrected chi connectivity index (χ3v) is 7.08. The fourth-order valence-corrected chi connectivity index (χ4v) is 4.92. The molecule has 1 aromatic heterocycles. The summed E-state index contributed by atoms with van der Waals surface area (Å²) in [6.45, 7) is 5.74. The fraction of sp³-hybridized carbons (Fsp3) is 0.250. The number of para-hydroxylation sites is 1. The van der Waals surface area contributed by atoms with E-state index in [1.165, 1.54) is 27.9 Å². The second-order valence-electron chi connectivity index (χ2n) is 9.45. The molecule has 0 radical (unpaired) electrons. The molecule has 0 saturated heterocycles. The van der Waals surface area contributed by atoms with Crippen LogP contribution in [0.25, 0.3) is 11.4 Å². The van der Waals surface area contributed by atoms with E-state index in [2.05, 4.69) is 15.5 Å². The molecular weight excluding hydrogens is 506 g/mol. The van der Waals surface area contributed by atoms with Gasteiger partial charge < -0.3 is 29.5 Å². The molecule has 3 N–H and O–H groups in total. The van der Waals surface area contributed by atoms with Crippen LogP contribution in [0.2, 0.25) is 0 Å². The van der Waals surface area contributed by atoms with Crippen molar-refractivity contribution < 1.29 is 38.6 Å². The molecule has 0 bridgehead atoms. The molecule has 5 rings (SSSR count). The van der Waals surface area contributed by atoms with Crippen molar-refractivity contribution in [2.24, 2.45) is 0 Å². The number of hydrogen-bond donors (Lipinski definition) is 3. The Morgan fingerprint density at radius 1 is 1.15 bits per heavy atom. The van der Waals surface area contributed by atoms with E-state index in [9.17, 15) is 24.6 Å². The monoisotopic (exact) mass is 531 g/mol. The van der Waals surface area contributed by atoms with Crippen LogP contribution in [0.1, 0.15) is 48.1 Å². The van der Waals surface area contributed by atoms with Crippen molar-refractivity contribution in [2.45, 2.75) is 39.7 Å². The first-order valence-electron chi connectivity index (χ1n) is 12.0. The van der Waals surface area contributed by atoms with Crippen LogP contribution in [0, 0.1) is 6.92 Å². The zero-order valence-corrected chi connectivity index (χ0v) is 21.8. The maximum absolute atomic E-state index is 13.9. The van der Waals surface area contributed by atoms with Crippen molar-refractivity contribution >= 4 is 17.3 Å². The standard InChI is InChI=1S/C28H25N3O8/c1-12-23(34)21(14(3)32)25-22(24(12)35)28(4)18(38-25)10-16(33)20(26(28)36)13(2)29-11-19-30-27(31-39-19)15-8-6-7-9-17(15)37-5/h6-10,29,34-35H,11H2,1-5H3/t28-/m0/s1. The Labute approximate surface area is 222 Å². The molecule has 200 valence electrons. The number of carbonyl (C=O) groups excluding carboxylic acids is 3. The van der Waals surface area contributed by atoms with Crippen LogP contribution in [0.5, 0.6) is 23.0 Å². The molecule has 3 aromatic rings. The van der Waals surface area contributed by atoms with Crippen LogP contribution >= 0.6 is 0 Å². The number of methoxy groups -OCH3 is 1. The van der Waals surface area contributed by atoms with Crippen molar-refractivity contribution in [2.75, 3.05) is 7.11 Å². The average molecular weight is 532 g/mol. The quantitative estimate of drug-likeness (QED) is 0.243. The molecule has 2 heterocycles. The smallest absolute Gasteiger partial charge is 0.246 e. The number of Topliss-reactive ketones (excluding diaryl/α,β-unsaturated/α-hetero) is 2. The van der Waals surface area contributed by atoms with Crippen molar-refractivity contribution in [3.63, 3.8) is 0 Å². The molecule has 0 unspecified atom stereocenters. The van der Waals surface area contributed by atoms with Gasteiger partial charge in [-0.2, -0.15) is 4.98 Å². The largest absolute Gasteiger partial charge is 0.507 e. The van der Waals surface area contributed by atoms with Gasteiger partial charge >= 0.3 is 0 Å². The van der Waals surface area contributed by atoms with Gasteiger partial charge in [-0.3, -0.25) is 14.4 Å². The molecular formula is C28H25N3O8. The maximum atomic E-state index is 13.9. The third-order valence-electron chi connectivity index (χ3n) is 7.08. The molecule has 1 atom stereocenters. The third kappa shape index (κ3) is 3.77. The van der Waals surface area contributed by atoms with Gasteiger partial charge in [-0.1, -0.05) is 17.3 Å². The number of phenolic OH excluding ortho intramolecular Hbond substituents is 2. The van der Waals surface area contributed by atoms with E-state index in [0.717, 1.165) is 6.08 Å². The molecule has 11 heteroatoms. The Hall–Kier alpha value is -4.93. The Bertz CT molecular complexity index is 1650. The van der Waals surface area contributed by atoms with E-state index in [1.54, 1.807) is 19.1 Å². The molecule has 2 aromatic carbocycles. The summed E-state index contributed by atoms with van der Waals surface area (Å²) in [5, 5.41) is 28.4. The van der Waals surface area contributed by atoms with Crippen molar-refractivity contribution in [3.05, 3.63) is 70.0 Å². The maximum Gasteiger partial charge on any atom is 0.246 e. The van der Waals surface area contributed by atoms with E-state index in [4.69, 9.17) is 14.0 Å². The van der Waals surface area contributed by atoms with Gasteiger partial charge in [0.15, 0.2) is 17.3 Å². The highest BCUT2D eigenvalue weighted by Gasteiger charge is 2.56. The lowest BCUT2D eigenvalue weighted by atomic mass is 9.70. The zero-order chi connectivity index (χ0) is 28.2.